The van der Waals surface area contributed by atoms with E-state index in [1.807, 2.05) is 0 Å². The van der Waals surface area contributed by atoms with Crippen molar-refractivity contribution in [2.45, 2.75) is 45.1 Å². The molecule has 2 aromatic rings. The molecule has 3 atom stereocenters. The highest BCUT2D eigenvalue weighted by Crippen LogP contribution is 2.44. The van der Waals surface area contributed by atoms with Gasteiger partial charge in [-0.1, -0.05) is 18.6 Å². The summed E-state index contributed by atoms with van der Waals surface area (Å²) < 4.78 is 0. The van der Waals surface area contributed by atoms with Crippen molar-refractivity contribution < 1.29 is 4.79 Å². The molecule has 6 nitrogen and oxygen atoms in total. The fourth-order valence-electron chi connectivity index (χ4n) is 5.00. The van der Waals surface area contributed by atoms with Gasteiger partial charge in [-0.3, -0.25) is 4.79 Å². The minimum atomic E-state index is 0. The summed E-state index contributed by atoms with van der Waals surface area (Å²) in [5.41, 5.74) is 3.80. The summed E-state index contributed by atoms with van der Waals surface area (Å²) in [6.45, 7) is 3.11. The fraction of sp³-hybridized carbons (Fsp3) is 0.565. The average Bonchev–Trinajstić information content (AvgIpc) is 3.42. The first-order chi connectivity index (χ1) is 14.0. The molecule has 0 spiro atoms. The number of hydrogen-bond acceptors (Lipinski definition) is 2. The number of hydrogen-bond donors (Lipinski definition) is 3. The Bertz CT molecular complexity index is 906. The number of rotatable bonds is 6. The number of aryl methyl sites for hydroxylation is 1. The van der Waals surface area contributed by atoms with Crippen LogP contribution in [0.25, 0.3) is 10.9 Å². The minimum absolute atomic E-state index is 0. The third kappa shape index (κ3) is 5.10. The van der Waals surface area contributed by atoms with Crippen molar-refractivity contribution in [1.82, 2.24) is 20.5 Å². The number of guanidine groups is 1. The predicted molar refractivity (Wildman–Crippen MR) is 134 cm³/mol. The van der Waals surface area contributed by atoms with Gasteiger partial charge in [0.2, 0.25) is 5.91 Å². The van der Waals surface area contributed by atoms with Gasteiger partial charge in [0.1, 0.15) is 6.54 Å². The SMILES string of the molecule is Cc1cccc2[nH]cc(CCNC(=NCC(=O)N(C)C)NC3CC4CCC3C4)c12.I. The Labute approximate surface area is 196 Å². The molecule has 1 amide bonds. The van der Waals surface area contributed by atoms with Gasteiger partial charge in [-0.05, 0) is 61.6 Å². The topological polar surface area (TPSA) is 72.5 Å². The average molecular weight is 523 g/mol. The summed E-state index contributed by atoms with van der Waals surface area (Å²) >= 11 is 0. The van der Waals surface area contributed by atoms with Crippen molar-refractivity contribution in [3.8, 4) is 0 Å². The van der Waals surface area contributed by atoms with Crippen LogP contribution in [0.5, 0.6) is 0 Å². The summed E-state index contributed by atoms with van der Waals surface area (Å²) in [6, 6.07) is 6.85. The number of carbonyl (C=O) groups is 1. The molecule has 164 valence electrons. The van der Waals surface area contributed by atoms with Crippen LogP contribution in [0.4, 0.5) is 0 Å². The van der Waals surface area contributed by atoms with Crippen LogP contribution in [0.15, 0.2) is 29.4 Å². The van der Waals surface area contributed by atoms with Crippen LogP contribution in [0.3, 0.4) is 0 Å². The van der Waals surface area contributed by atoms with Crippen molar-refractivity contribution in [3.63, 3.8) is 0 Å². The molecule has 2 fully saturated rings. The van der Waals surface area contributed by atoms with Gasteiger partial charge < -0.3 is 20.5 Å². The second kappa shape index (κ2) is 10.0. The number of aromatic nitrogens is 1. The first-order valence-corrected chi connectivity index (χ1v) is 10.8. The van der Waals surface area contributed by atoms with E-state index < -0.39 is 0 Å². The molecule has 7 heteroatoms. The lowest BCUT2D eigenvalue weighted by Crippen LogP contribution is -2.46. The van der Waals surface area contributed by atoms with Gasteiger partial charge >= 0.3 is 0 Å². The van der Waals surface area contributed by atoms with E-state index in [1.54, 1.807) is 19.0 Å². The van der Waals surface area contributed by atoms with Crippen molar-refractivity contribution in [2.24, 2.45) is 16.8 Å². The lowest BCUT2D eigenvalue weighted by molar-refractivity contribution is -0.127. The number of carbonyl (C=O) groups excluding carboxylic acids is 1. The number of aliphatic imine (C=N–C) groups is 1. The second-order valence-corrected chi connectivity index (χ2v) is 8.87. The molecule has 2 saturated carbocycles. The Morgan fingerprint density at radius 3 is 2.80 bits per heavy atom. The molecule has 4 rings (SSSR count). The number of likely N-dealkylation sites (N-methyl/N-ethyl adjacent to an activating group) is 1. The van der Waals surface area contributed by atoms with E-state index in [9.17, 15) is 4.79 Å². The number of aromatic amines is 1. The van der Waals surface area contributed by atoms with Crippen LogP contribution >= 0.6 is 24.0 Å². The highest BCUT2D eigenvalue weighted by Gasteiger charge is 2.39. The molecule has 2 aliphatic rings. The summed E-state index contributed by atoms with van der Waals surface area (Å²) in [4.78, 5) is 21.6. The Morgan fingerprint density at radius 1 is 1.27 bits per heavy atom. The highest BCUT2D eigenvalue weighted by atomic mass is 127. The maximum atomic E-state index is 12.0. The molecule has 2 bridgehead atoms. The van der Waals surface area contributed by atoms with Crippen LogP contribution in [0.1, 0.15) is 36.8 Å². The van der Waals surface area contributed by atoms with Crippen molar-refractivity contribution in [2.75, 3.05) is 27.2 Å². The van der Waals surface area contributed by atoms with Crippen molar-refractivity contribution >= 4 is 46.7 Å². The molecule has 1 heterocycles. The number of amides is 1. The molecule has 3 unspecified atom stereocenters. The first kappa shape index (κ1) is 22.9. The Hall–Kier alpha value is -1.77. The second-order valence-electron chi connectivity index (χ2n) is 8.87. The molecule has 0 aliphatic heterocycles. The van der Waals surface area contributed by atoms with E-state index in [0.717, 1.165) is 30.8 Å². The van der Waals surface area contributed by atoms with Gasteiger partial charge in [-0.25, -0.2) is 4.99 Å². The number of nitrogens with zero attached hydrogens (tertiary/aromatic N) is 2. The molecule has 1 aromatic heterocycles. The van der Waals surface area contributed by atoms with Crippen molar-refractivity contribution in [3.05, 3.63) is 35.5 Å². The summed E-state index contributed by atoms with van der Waals surface area (Å²) in [5.74, 6) is 2.42. The summed E-state index contributed by atoms with van der Waals surface area (Å²) in [5, 5.41) is 8.42. The van der Waals surface area contributed by atoms with E-state index >= 15 is 0 Å². The smallest absolute Gasteiger partial charge is 0.243 e. The van der Waals surface area contributed by atoms with Gasteiger partial charge in [0.25, 0.3) is 0 Å². The van der Waals surface area contributed by atoms with Crippen LogP contribution in [-0.2, 0) is 11.2 Å². The molecule has 1 aromatic carbocycles. The number of benzene rings is 1. The van der Waals surface area contributed by atoms with Crippen LogP contribution in [-0.4, -0.2) is 55.0 Å². The van der Waals surface area contributed by atoms with Crippen LogP contribution in [0.2, 0.25) is 0 Å². The molecular formula is C23H34IN5O. The Balaban J connectivity index is 0.00000256. The predicted octanol–water partition coefficient (Wildman–Crippen LogP) is 3.45. The lowest BCUT2D eigenvalue weighted by Gasteiger charge is -2.25. The Morgan fingerprint density at radius 2 is 2.10 bits per heavy atom. The molecular weight excluding hydrogens is 489 g/mol. The third-order valence-electron chi connectivity index (χ3n) is 6.61. The van der Waals surface area contributed by atoms with Crippen LogP contribution < -0.4 is 10.6 Å². The summed E-state index contributed by atoms with van der Waals surface area (Å²) in [6.07, 6.45) is 8.28. The molecule has 0 saturated heterocycles. The first-order valence-electron chi connectivity index (χ1n) is 10.8. The van der Waals surface area contributed by atoms with E-state index in [0.29, 0.717) is 6.04 Å². The lowest BCUT2D eigenvalue weighted by atomic mass is 9.95. The van der Waals surface area contributed by atoms with E-state index in [-0.39, 0.29) is 36.4 Å². The number of halogens is 1. The third-order valence-corrected chi connectivity index (χ3v) is 6.61. The quantitative estimate of drug-likeness (QED) is 0.309. The van der Waals surface area contributed by atoms with Gasteiger partial charge in [0.05, 0.1) is 0 Å². The van der Waals surface area contributed by atoms with Crippen molar-refractivity contribution in [1.29, 1.82) is 0 Å². The zero-order valence-corrected chi connectivity index (χ0v) is 20.5. The van der Waals surface area contributed by atoms with Gasteiger partial charge in [0.15, 0.2) is 5.96 Å². The minimum Gasteiger partial charge on any atom is -0.361 e. The molecule has 30 heavy (non-hydrogen) atoms. The number of fused-ring (bicyclic) bond motifs is 3. The maximum Gasteiger partial charge on any atom is 0.243 e. The van der Waals surface area contributed by atoms with E-state index in [4.69, 9.17) is 0 Å². The largest absolute Gasteiger partial charge is 0.361 e. The normalized spacial score (nSPS) is 22.8. The number of nitrogens with one attached hydrogen (secondary N) is 3. The fourth-order valence-corrected chi connectivity index (χ4v) is 5.00. The monoisotopic (exact) mass is 523 g/mol. The highest BCUT2D eigenvalue weighted by molar-refractivity contribution is 14.0. The van der Waals surface area contributed by atoms with E-state index in [2.05, 4.69) is 51.9 Å². The van der Waals surface area contributed by atoms with E-state index in [1.165, 1.54) is 47.7 Å². The summed E-state index contributed by atoms with van der Waals surface area (Å²) in [7, 11) is 3.54. The Kier molecular flexibility index (Phi) is 7.65. The van der Waals surface area contributed by atoms with Gasteiger partial charge in [0, 0.05) is 43.8 Å². The standard InChI is InChI=1S/C23H33N5O.HI/c1-15-5-4-6-19-22(15)18(13-25-19)9-10-24-23(26-14-21(29)28(2)3)27-20-12-16-7-8-17(20)11-16;/h4-6,13,16-17,20,25H,7-12,14H2,1-3H3,(H2,24,26,27);1H. The zero-order chi connectivity index (χ0) is 20.4. The molecule has 2 aliphatic carbocycles. The maximum absolute atomic E-state index is 12.0. The van der Waals surface area contributed by atoms with Crippen LogP contribution in [0, 0.1) is 18.8 Å². The number of H-pyrrole nitrogens is 1. The van der Waals surface area contributed by atoms with Gasteiger partial charge in [-0.15, -0.1) is 24.0 Å². The zero-order valence-electron chi connectivity index (χ0n) is 18.2. The van der Waals surface area contributed by atoms with Gasteiger partial charge in [-0.2, -0.15) is 0 Å². The molecule has 3 N–H and O–H groups in total. The molecule has 0 radical (unpaired) electrons.